The van der Waals surface area contributed by atoms with Crippen LogP contribution in [0.25, 0.3) is 0 Å². The molecular formula is C17H22. The second-order valence-corrected chi connectivity index (χ2v) is 5.74. The summed E-state index contributed by atoms with van der Waals surface area (Å²) in [5.41, 5.74) is 6.51. The molecule has 3 rings (SSSR count). The monoisotopic (exact) mass is 226 g/mol. The largest absolute Gasteiger partial charge is 0.0839 e. The van der Waals surface area contributed by atoms with E-state index in [-0.39, 0.29) is 6.84 Å². The Morgan fingerprint density at radius 1 is 1.06 bits per heavy atom. The summed E-state index contributed by atoms with van der Waals surface area (Å²) in [4.78, 5) is 0. The zero-order valence-corrected chi connectivity index (χ0v) is 10.8. The summed E-state index contributed by atoms with van der Waals surface area (Å²) in [5, 5.41) is 0. The molecule has 2 aliphatic carbocycles. The molecule has 0 aliphatic heterocycles. The van der Waals surface area contributed by atoms with E-state index in [1.54, 1.807) is 16.7 Å². The van der Waals surface area contributed by atoms with Gasteiger partial charge in [0.05, 0.1) is 0 Å². The molecule has 1 aromatic rings. The highest BCUT2D eigenvalue weighted by Crippen LogP contribution is 2.42. The maximum atomic E-state index is 2.38. The Morgan fingerprint density at radius 2 is 1.88 bits per heavy atom. The first-order valence-electron chi connectivity index (χ1n) is 6.67. The predicted octanol–water partition coefficient (Wildman–Crippen LogP) is 4.80. The van der Waals surface area contributed by atoms with Crippen molar-refractivity contribution in [1.82, 2.24) is 0 Å². The lowest BCUT2D eigenvalue weighted by atomic mass is 9.73. The minimum absolute atomic E-state index is 0. The minimum atomic E-state index is 0. The number of aryl methyl sites for hydroxylation is 1. The molecule has 0 saturated heterocycles. The highest BCUT2D eigenvalue weighted by Gasteiger charge is 2.31. The Morgan fingerprint density at radius 3 is 2.76 bits per heavy atom. The normalized spacial score (nSPS) is 21.8. The quantitative estimate of drug-likeness (QED) is 0.596. The third-order valence-electron chi connectivity index (χ3n) is 4.34. The van der Waals surface area contributed by atoms with E-state index in [9.17, 15) is 0 Å². The van der Waals surface area contributed by atoms with Gasteiger partial charge in [-0.15, -0.1) is 0 Å². The number of hydrogen-bond acceptors (Lipinski definition) is 0. The molecule has 0 nitrogen and oxygen atoms in total. The maximum Gasteiger partial charge on any atom is 0.0148 e. The van der Waals surface area contributed by atoms with Crippen molar-refractivity contribution in [3.05, 3.63) is 58.7 Å². The fourth-order valence-corrected chi connectivity index (χ4v) is 3.40. The van der Waals surface area contributed by atoms with Crippen molar-refractivity contribution in [3.8, 4) is 0 Å². The summed E-state index contributed by atoms with van der Waals surface area (Å²) in [6.07, 6.45) is 9.68. The van der Waals surface area contributed by atoms with Crippen molar-refractivity contribution in [2.75, 3.05) is 0 Å². The molecule has 0 aromatic heterocycles. The van der Waals surface area contributed by atoms with Crippen LogP contribution in [0.2, 0.25) is 0 Å². The Balaban J connectivity index is 0.00000120. The predicted molar refractivity (Wildman–Crippen MR) is 75.3 cm³/mol. The van der Waals surface area contributed by atoms with E-state index in [1.807, 2.05) is 0 Å². The van der Waals surface area contributed by atoms with Gasteiger partial charge in [0.25, 0.3) is 0 Å². The van der Waals surface area contributed by atoms with Crippen molar-refractivity contribution >= 4 is 0 Å². The highest BCUT2D eigenvalue weighted by atomic mass is 14.4. The number of rotatable bonds is 0. The number of hydrogen-bond donors (Lipinski definition) is 0. The average molecular weight is 226 g/mol. The summed E-state index contributed by atoms with van der Waals surface area (Å²) in [7, 11) is 0. The Bertz CT molecular complexity index is 506. The Kier molecular flexibility index (Phi) is 2.47. The number of fused-ring (bicyclic) bond motifs is 1. The van der Waals surface area contributed by atoms with Crippen LogP contribution in [0.1, 0.15) is 45.7 Å². The molecule has 1 aromatic carbocycles. The molecule has 0 amide bonds. The van der Waals surface area contributed by atoms with Crippen LogP contribution >= 0.6 is 0 Å². The molecule has 2 aliphatic rings. The molecule has 0 heteroatoms. The van der Waals surface area contributed by atoms with Gasteiger partial charge < -0.3 is 0 Å². The first-order valence-corrected chi connectivity index (χ1v) is 6.67. The van der Waals surface area contributed by atoms with Gasteiger partial charge in [-0.3, -0.25) is 0 Å². The molecule has 0 fully saturated rings. The van der Waals surface area contributed by atoms with Crippen LogP contribution in [0, 0.1) is 0 Å². The minimum Gasteiger partial charge on any atom is -0.0839 e. The second kappa shape index (κ2) is 3.87. The fourth-order valence-electron chi connectivity index (χ4n) is 3.40. The van der Waals surface area contributed by atoms with Gasteiger partial charge in [-0.25, -0.2) is 0 Å². The lowest BCUT2D eigenvalue weighted by molar-refractivity contribution is 0.623. The van der Waals surface area contributed by atoms with Gasteiger partial charge in [-0.05, 0) is 42.4 Å². The van der Waals surface area contributed by atoms with E-state index in [4.69, 9.17) is 0 Å². The molecule has 0 unspecified atom stereocenters. The zero-order chi connectivity index (χ0) is 11.9. The SMILES string of the molecule is CC1(C)C2=C(CCC=C2)CCc2ccccc21.[HH]. The number of benzene rings is 1. The Hall–Kier alpha value is -1.30. The first-order chi connectivity index (χ1) is 8.19. The van der Waals surface area contributed by atoms with Gasteiger partial charge in [0.15, 0.2) is 0 Å². The van der Waals surface area contributed by atoms with Crippen LogP contribution in [-0.4, -0.2) is 0 Å². The molecule has 0 atom stereocenters. The van der Waals surface area contributed by atoms with Crippen molar-refractivity contribution in [3.63, 3.8) is 0 Å². The lowest BCUT2D eigenvalue weighted by Gasteiger charge is -2.30. The summed E-state index contributed by atoms with van der Waals surface area (Å²) in [6, 6.07) is 8.97. The molecule has 90 valence electrons. The van der Waals surface area contributed by atoms with Gasteiger partial charge in [0, 0.05) is 6.84 Å². The zero-order valence-electron chi connectivity index (χ0n) is 10.8. The van der Waals surface area contributed by atoms with Gasteiger partial charge in [-0.1, -0.05) is 55.8 Å². The van der Waals surface area contributed by atoms with Gasteiger partial charge in [0.2, 0.25) is 0 Å². The van der Waals surface area contributed by atoms with Gasteiger partial charge in [-0.2, -0.15) is 0 Å². The summed E-state index contributed by atoms with van der Waals surface area (Å²) in [6.45, 7) is 4.75. The first kappa shape index (κ1) is 10.8. The molecular weight excluding hydrogens is 204 g/mol. The average Bonchev–Trinajstić information content (AvgIpc) is 2.47. The summed E-state index contributed by atoms with van der Waals surface area (Å²) >= 11 is 0. The van der Waals surface area contributed by atoms with Gasteiger partial charge in [0.1, 0.15) is 0 Å². The molecule has 0 spiro atoms. The van der Waals surface area contributed by atoms with Crippen molar-refractivity contribution in [2.24, 2.45) is 0 Å². The smallest absolute Gasteiger partial charge is 0.0148 e. The molecule has 0 saturated carbocycles. The maximum absolute atomic E-state index is 2.38. The molecule has 0 N–H and O–H groups in total. The summed E-state index contributed by atoms with van der Waals surface area (Å²) in [5.74, 6) is 0. The van der Waals surface area contributed by atoms with E-state index in [0.29, 0.717) is 0 Å². The van der Waals surface area contributed by atoms with E-state index >= 15 is 0 Å². The van der Waals surface area contributed by atoms with Gasteiger partial charge >= 0.3 is 0 Å². The third-order valence-corrected chi connectivity index (χ3v) is 4.34. The van der Waals surface area contributed by atoms with Crippen LogP contribution in [-0.2, 0) is 11.8 Å². The van der Waals surface area contributed by atoms with Crippen molar-refractivity contribution in [2.45, 2.75) is 44.9 Å². The number of allylic oxidation sites excluding steroid dienone is 4. The van der Waals surface area contributed by atoms with Crippen LogP contribution in [0.4, 0.5) is 0 Å². The lowest BCUT2D eigenvalue weighted by Crippen LogP contribution is -2.21. The molecule has 0 heterocycles. The van der Waals surface area contributed by atoms with E-state index in [1.165, 1.54) is 31.2 Å². The molecule has 17 heavy (non-hydrogen) atoms. The second-order valence-electron chi connectivity index (χ2n) is 5.74. The molecule has 0 bridgehead atoms. The fraction of sp³-hybridized carbons (Fsp3) is 0.412. The Labute approximate surface area is 106 Å². The molecule has 0 radical (unpaired) electrons. The highest BCUT2D eigenvalue weighted by molar-refractivity contribution is 5.49. The van der Waals surface area contributed by atoms with E-state index < -0.39 is 0 Å². The third kappa shape index (κ3) is 1.67. The van der Waals surface area contributed by atoms with E-state index in [2.05, 4.69) is 50.3 Å². The van der Waals surface area contributed by atoms with Crippen molar-refractivity contribution < 1.29 is 1.43 Å². The van der Waals surface area contributed by atoms with Crippen molar-refractivity contribution in [1.29, 1.82) is 0 Å². The van der Waals surface area contributed by atoms with E-state index in [0.717, 1.165) is 0 Å². The summed E-state index contributed by atoms with van der Waals surface area (Å²) < 4.78 is 0. The van der Waals surface area contributed by atoms with Crippen LogP contribution in [0.3, 0.4) is 0 Å². The van der Waals surface area contributed by atoms with Crippen LogP contribution in [0.5, 0.6) is 0 Å². The topological polar surface area (TPSA) is 0 Å². The van der Waals surface area contributed by atoms with Crippen LogP contribution < -0.4 is 0 Å². The standard InChI is InChI=1S/C17H20.H2/c1-17(2)15-9-5-3-7-13(15)11-12-14-8-4-6-10-16(14)17;/h3,5-7,9-10H,4,8,11-12H2,1-2H3;1H. The van der Waals surface area contributed by atoms with Crippen LogP contribution in [0.15, 0.2) is 47.6 Å².